The Hall–Kier alpha value is -3.96. The van der Waals surface area contributed by atoms with E-state index in [-0.39, 0.29) is 30.7 Å². The zero-order valence-corrected chi connectivity index (χ0v) is 22.6. The molecule has 1 aliphatic carbocycles. The van der Waals surface area contributed by atoms with E-state index in [4.69, 9.17) is 15.1 Å². The van der Waals surface area contributed by atoms with Crippen molar-refractivity contribution in [2.24, 2.45) is 0 Å². The van der Waals surface area contributed by atoms with Gasteiger partial charge in [-0.25, -0.2) is 13.9 Å². The lowest BCUT2D eigenvalue weighted by Gasteiger charge is -2.29. The van der Waals surface area contributed by atoms with Crippen LogP contribution in [0.2, 0.25) is 0 Å². The van der Waals surface area contributed by atoms with E-state index in [0.717, 1.165) is 33.2 Å². The van der Waals surface area contributed by atoms with E-state index in [9.17, 15) is 13.2 Å². The highest BCUT2D eigenvalue weighted by molar-refractivity contribution is 7.89. The molecular formula is C30H31N3O6S. The summed E-state index contributed by atoms with van der Waals surface area (Å²) in [5.74, 6) is -0.138. The molecule has 0 bridgehead atoms. The number of rotatable bonds is 11. The fraction of sp³-hybridized carbons (Fsp3) is 0.233. The van der Waals surface area contributed by atoms with Crippen molar-refractivity contribution in [1.82, 2.24) is 14.8 Å². The molecule has 0 spiro atoms. The van der Waals surface area contributed by atoms with E-state index in [0.29, 0.717) is 25.0 Å². The normalized spacial score (nSPS) is 15.1. The molecule has 40 heavy (non-hydrogen) atoms. The maximum Gasteiger partial charge on any atom is 0.267 e. The summed E-state index contributed by atoms with van der Waals surface area (Å²) in [6, 6.07) is 19.6. The highest BCUT2D eigenvalue weighted by atomic mass is 32.2. The van der Waals surface area contributed by atoms with Gasteiger partial charge in [0.25, 0.3) is 5.91 Å². The van der Waals surface area contributed by atoms with E-state index in [1.807, 2.05) is 48.7 Å². The Morgan fingerprint density at radius 1 is 1.12 bits per heavy atom. The van der Waals surface area contributed by atoms with Crippen LogP contribution in [0.25, 0.3) is 17.0 Å². The topological polar surface area (TPSA) is 132 Å². The standard InChI is InChI=1S/C30H31N3O6S/c34-17-18-39-24-8-10-25(11-9-24)40(37,38)33(16-15-23-20-31-28-4-2-1-3-26(23)28)29-13-7-22-19-21(5-12-27(22)29)6-14-30(35)32-36/h1-6,8-12,14,19-20,29,31,34,36H,7,13,15-18H2,(H,32,35)/b14-6+. The number of aromatic nitrogens is 1. The molecule has 1 aromatic heterocycles. The van der Waals surface area contributed by atoms with Crippen LogP contribution in [-0.2, 0) is 27.7 Å². The first-order valence-corrected chi connectivity index (χ1v) is 14.5. The molecule has 0 radical (unpaired) electrons. The number of hydroxylamine groups is 1. The minimum Gasteiger partial charge on any atom is -0.491 e. The molecule has 10 heteroatoms. The minimum absolute atomic E-state index is 0.129. The quantitative estimate of drug-likeness (QED) is 0.124. The van der Waals surface area contributed by atoms with Gasteiger partial charge in [-0.3, -0.25) is 10.0 Å². The summed E-state index contributed by atoms with van der Waals surface area (Å²) in [4.78, 5) is 14.8. The Balaban J connectivity index is 1.47. The molecule has 0 fully saturated rings. The van der Waals surface area contributed by atoms with Crippen molar-refractivity contribution >= 4 is 32.9 Å². The second kappa shape index (κ2) is 12.1. The van der Waals surface area contributed by atoms with Crippen LogP contribution >= 0.6 is 0 Å². The number of aliphatic hydroxyl groups is 1. The van der Waals surface area contributed by atoms with Gasteiger partial charge in [-0.1, -0.05) is 36.4 Å². The predicted octanol–water partition coefficient (Wildman–Crippen LogP) is 3.98. The minimum atomic E-state index is -3.88. The number of benzene rings is 3. The van der Waals surface area contributed by atoms with Gasteiger partial charge in [0.1, 0.15) is 12.4 Å². The molecule has 208 valence electrons. The number of aryl methyl sites for hydroxylation is 1. The number of ether oxygens (including phenoxy) is 1. The number of fused-ring (bicyclic) bond motifs is 2. The van der Waals surface area contributed by atoms with Crippen LogP contribution in [0.4, 0.5) is 0 Å². The molecule has 1 unspecified atom stereocenters. The number of H-pyrrole nitrogens is 1. The number of hydrogen-bond acceptors (Lipinski definition) is 6. The van der Waals surface area contributed by atoms with Gasteiger partial charge in [-0.2, -0.15) is 4.31 Å². The van der Waals surface area contributed by atoms with Crippen molar-refractivity contribution in [2.75, 3.05) is 19.8 Å². The third-order valence-corrected chi connectivity index (χ3v) is 9.09. The van der Waals surface area contributed by atoms with Crippen molar-refractivity contribution in [1.29, 1.82) is 0 Å². The Morgan fingerprint density at radius 3 is 2.70 bits per heavy atom. The molecule has 1 atom stereocenters. The molecular weight excluding hydrogens is 530 g/mol. The largest absolute Gasteiger partial charge is 0.491 e. The number of aromatic amines is 1. The molecule has 5 rings (SSSR count). The lowest BCUT2D eigenvalue weighted by molar-refractivity contribution is -0.124. The van der Waals surface area contributed by atoms with Crippen LogP contribution in [0, 0.1) is 0 Å². The number of amides is 1. The van der Waals surface area contributed by atoms with Crippen LogP contribution in [0.3, 0.4) is 0 Å². The number of aliphatic hydroxyl groups excluding tert-OH is 1. The van der Waals surface area contributed by atoms with Crippen molar-refractivity contribution in [3.8, 4) is 5.75 Å². The smallest absolute Gasteiger partial charge is 0.267 e. The van der Waals surface area contributed by atoms with Crippen LogP contribution < -0.4 is 10.2 Å². The molecule has 9 nitrogen and oxygen atoms in total. The summed E-state index contributed by atoms with van der Waals surface area (Å²) in [7, 11) is -3.88. The molecule has 1 amide bonds. The number of carbonyl (C=O) groups is 1. The van der Waals surface area contributed by atoms with Crippen molar-refractivity contribution in [3.05, 3.63) is 101 Å². The number of sulfonamides is 1. The van der Waals surface area contributed by atoms with Crippen molar-refractivity contribution < 1.29 is 28.3 Å². The van der Waals surface area contributed by atoms with Crippen LogP contribution in [0.1, 0.15) is 34.7 Å². The van der Waals surface area contributed by atoms with Crippen molar-refractivity contribution in [3.63, 3.8) is 0 Å². The molecule has 0 saturated carbocycles. The summed E-state index contributed by atoms with van der Waals surface area (Å²) in [6.07, 6.45) is 6.63. The lowest BCUT2D eigenvalue weighted by atomic mass is 10.0. The zero-order valence-electron chi connectivity index (χ0n) is 21.8. The summed E-state index contributed by atoms with van der Waals surface area (Å²) in [5.41, 5.74) is 6.37. The number of para-hydroxylation sites is 1. The van der Waals surface area contributed by atoms with Gasteiger partial charge in [0.2, 0.25) is 10.0 Å². The molecule has 1 heterocycles. The first-order valence-electron chi connectivity index (χ1n) is 13.1. The Labute approximate surface area is 232 Å². The van der Waals surface area contributed by atoms with Gasteiger partial charge in [-0.05, 0) is 77.9 Å². The number of nitrogens with zero attached hydrogens (tertiary/aromatic N) is 1. The maximum atomic E-state index is 14.1. The van der Waals surface area contributed by atoms with Crippen LogP contribution in [0.5, 0.6) is 5.75 Å². The monoisotopic (exact) mass is 561 g/mol. The van der Waals surface area contributed by atoms with Crippen LogP contribution in [0.15, 0.2) is 83.9 Å². The number of hydrogen-bond donors (Lipinski definition) is 4. The molecule has 4 aromatic rings. The number of carbonyl (C=O) groups excluding carboxylic acids is 1. The van der Waals surface area contributed by atoms with Gasteiger partial charge in [0.15, 0.2) is 0 Å². The predicted molar refractivity (Wildman–Crippen MR) is 151 cm³/mol. The summed E-state index contributed by atoms with van der Waals surface area (Å²) < 4.78 is 35.2. The van der Waals surface area contributed by atoms with Gasteiger partial charge in [0, 0.05) is 29.7 Å². The lowest BCUT2D eigenvalue weighted by Crippen LogP contribution is -2.35. The van der Waals surface area contributed by atoms with E-state index in [1.165, 1.54) is 18.2 Å². The first-order chi connectivity index (χ1) is 19.4. The van der Waals surface area contributed by atoms with Gasteiger partial charge in [-0.15, -0.1) is 0 Å². The van der Waals surface area contributed by atoms with Crippen LogP contribution in [-0.4, -0.2) is 53.7 Å². The molecule has 3 aromatic carbocycles. The second-order valence-electron chi connectivity index (χ2n) is 9.59. The molecule has 4 N–H and O–H groups in total. The fourth-order valence-corrected chi connectivity index (χ4v) is 6.88. The highest BCUT2D eigenvalue weighted by Crippen LogP contribution is 2.40. The summed E-state index contributed by atoms with van der Waals surface area (Å²) >= 11 is 0. The zero-order chi connectivity index (χ0) is 28.1. The number of nitrogens with one attached hydrogen (secondary N) is 2. The van der Waals surface area contributed by atoms with Crippen molar-refractivity contribution in [2.45, 2.75) is 30.2 Å². The van der Waals surface area contributed by atoms with E-state index in [1.54, 1.807) is 28.0 Å². The molecule has 0 saturated heterocycles. The molecule has 1 aliphatic rings. The fourth-order valence-electron chi connectivity index (χ4n) is 5.25. The van der Waals surface area contributed by atoms with Gasteiger partial charge in [0.05, 0.1) is 17.5 Å². The highest BCUT2D eigenvalue weighted by Gasteiger charge is 2.36. The SMILES string of the molecule is O=C(/C=C/c1ccc2c(c1)CCC2N(CCc1c[nH]c2ccccc12)S(=O)(=O)c1ccc(OCCO)cc1)NO. The average Bonchev–Trinajstić information content (AvgIpc) is 3.59. The maximum absolute atomic E-state index is 14.1. The third-order valence-electron chi connectivity index (χ3n) is 7.16. The Kier molecular flexibility index (Phi) is 8.32. The van der Waals surface area contributed by atoms with E-state index < -0.39 is 15.9 Å². The third kappa shape index (κ3) is 5.80. The Morgan fingerprint density at radius 2 is 1.93 bits per heavy atom. The van der Waals surface area contributed by atoms with E-state index >= 15 is 0 Å². The van der Waals surface area contributed by atoms with Gasteiger partial charge < -0.3 is 14.8 Å². The second-order valence-corrected chi connectivity index (χ2v) is 11.5. The first kappa shape index (κ1) is 27.6. The summed E-state index contributed by atoms with van der Waals surface area (Å²) in [6.45, 7) is 0.286. The van der Waals surface area contributed by atoms with E-state index in [2.05, 4.69) is 4.98 Å². The summed E-state index contributed by atoms with van der Waals surface area (Å²) in [5, 5.41) is 18.8. The van der Waals surface area contributed by atoms with Gasteiger partial charge >= 0.3 is 0 Å². The molecule has 0 aliphatic heterocycles. The average molecular weight is 562 g/mol. The Bertz CT molecular complexity index is 1630.